The van der Waals surface area contributed by atoms with Crippen LogP contribution in [0.5, 0.6) is 5.75 Å². The van der Waals surface area contributed by atoms with E-state index in [0.717, 1.165) is 5.56 Å². The number of rotatable bonds is 7. The summed E-state index contributed by atoms with van der Waals surface area (Å²) in [5.41, 5.74) is 2.66. The van der Waals surface area contributed by atoms with Crippen LogP contribution in [-0.4, -0.2) is 37.7 Å². The normalized spacial score (nSPS) is 24.8. The van der Waals surface area contributed by atoms with Crippen molar-refractivity contribution in [2.45, 2.75) is 84.9 Å². The average Bonchev–Trinajstić information content (AvgIpc) is 2.56. The van der Waals surface area contributed by atoms with Crippen LogP contribution in [0.4, 0.5) is 0 Å². The van der Waals surface area contributed by atoms with Gasteiger partial charge in [-0.1, -0.05) is 71.8 Å². The highest BCUT2D eigenvalue weighted by atomic mass is 28.3. The number of aromatic hydroxyl groups is 1. The molecule has 2 atom stereocenters. The number of hydrogen-bond acceptors (Lipinski definition) is 2. The van der Waals surface area contributed by atoms with E-state index in [4.69, 9.17) is 0 Å². The molecule has 26 heavy (non-hydrogen) atoms. The molecule has 2 rings (SSSR count). The van der Waals surface area contributed by atoms with Gasteiger partial charge in [0, 0.05) is 6.54 Å². The highest BCUT2D eigenvalue weighted by Crippen LogP contribution is 2.42. The minimum absolute atomic E-state index is 0.166. The molecule has 1 aliphatic rings. The molecule has 1 heterocycles. The number of phenols is 1. The molecule has 1 fully saturated rings. The molecule has 0 amide bonds. The summed E-state index contributed by atoms with van der Waals surface area (Å²) in [5.74, 6) is 1.18. The number of benzene rings is 1. The highest BCUT2D eigenvalue weighted by molar-refractivity contribution is 6.89. The molecule has 2 unspecified atom stereocenters. The van der Waals surface area contributed by atoms with Crippen LogP contribution >= 0.6 is 0 Å². The molecule has 1 N–H and O–H groups in total. The maximum Gasteiger partial charge on any atom is 0.117 e. The van der Waals surface area contributed by atoms with E-state index in [1.54, 1.807) is 0 Å². The maximum atomic E-state index is 10.9. The predicted molar refractivity (Wildman–Crippen MR) is 118 cm³/mol. The smallest absolute Gasteiger partial charge is 0.117 e. The van der Waals surface area contributed by atoms with Crippen molar-refractivity contribution in [2.24, 2.45) is 5.92 Å². The number of likely N-dealkylation sites (tertiary alicyclic amines) is 1. The highest BCUT2D eigenvalue weighted by Gasteiger charge is 2.39. The van der Waals surface area contributed by atoms with Crippen molar-refractivity contribution in [3.8, 4) is 5.75 Å². The van der Waals surface area contributed by atoms with Crippen molar-refractivity contribution < 1.29 is 5.11 Å². The van der Waals surface area contributed by atoms with Gasteiger partial charge in [0.2, 0.25) is 0 Å². The van der Waals surface area contributed by atoms with Crippen LogP contribution in [0.1, 0.15) is 64.0 Å². The second-order valence-electron chi connectivity index (χ2n) is 9.81. The summed E-state index contributed by atoms with van der Waals surface area (Å²) in [6.45, 7) is 19.8. The molecule has 3 heteroatoms. The molecule has 1 saturated heterocycles. The zero-order valence-corrected chi connectivity index (χ0v) is 19.3. The molecule has 0 aliphatic carbocycles. The molecule has 1 aromatic rings. The Morgan fingerprint density at radius 1 is 1.19 bits per heavy atom. The van der Waals surface area contributed by atoms with Gasteiger partial charge < -0.3 is 10.0 Å². The zero-order chi connectivity index (χ0) is 19.5. The third kappa shape index (κ3) is 4.54. The Labute approximate surface area is 163 Å². The van der Waals surface area contributed by atoms with Gasteiger partial charge in [0.1, 0.15) is 5.75 Å². The van der Waals surface area contributed by atoms with Crippen molar-refractivity contribution >= 4 is 13.3 Å². The number of hydrogen-bond donors (Lipinski definition) is 1. The Kier molecular flexibility index (Phi) is 7.01. The number of phenolic OH excluding ortho intramolecular Hbond substituents is 1. The molecule has 1 aliphatic heterocycles. The summed E-state index contributed by atoms with van der Waals surface area (Å²) in [4.78, 5) is 2.66. The standard InChI is InChI=1S/C23H41NOSi/c1-8-9-10-11-15-24-16-14-23(4,18(2)17-24)20-12-13-21(26(5,6)7)22(25)19(20)3/h12-13,18,25H,8-11,14-17H2,1-7H3. The number of unbranched alkanes of at least 4 members (excludes halogenated alkanes) is 3. The largest absolute Gasteiger partial charge is 0.508 e. The molecule has 0 radical (unpaired) electrons. The van der Waals surface area contributed by atoms with Crippen LogP contribution in [0, 0.1) is 12.8 Å². The third-order valence-electron chi connectivity index (χ3n) is 6.75. The molecule has 2 nitrogen and oxygen atoms in total. The maximum absolute atomic E-state index is 10.9. The van der Waals surface area contributed by atoms with Crippen LogP contribution in [0.3, 0.4) is 0 Å². The van der Waals surface area contributed by atoms with Gasteiger partial charge in [0.25, 0.3) is 0 Å². The van der Waals surface area contributed by atoms with E-state index in [0.29, 0.717) is 11.7 Å². The first kappa shape index (κ1) is 21.5. The van der Waals surface area contributed by atoms with Gasteiger partial charge in [-0.25, -0.2) is 0 Å². The van der Waals surface area contributed by atoms with Gasteiger partial charge in [0.15, 0.2) is 0 Å². The topological polar surface area (TPSA) is 23.5 Å². The Balaban J connectivity index is 2.15. The lowest BCUT2D eigenvalue weighted by molar-refractivity contribution is 0.109. The van der Waals surface area contributed by atoms with Crippen molar-refractivity contribution in [1.29, 1.82) is 0 Å². The quantitative estimate of drug-likeness (QED) is 0.508. The lowest BCUT2D eigenvalue weighted by atomic mass is 9.67. The number of piperidine rings is 1. The third-order valence-corrected chi connectivity index (χ3v) is 8.77. The molecule has 0 spiro atoms. The molecule has 0 saturated carbocycles. The van der Waals surface area contributed by atoms with Crippen molar-refractivity contribution in [3.05, 3.63) is 23.3 Å². The molecular formula is C23H41NOSi. The van der Waals surface area contributed by atoms with Crippen LogP contribution in [-0.2, 0) is 5.41 Å². The fourth-order valence-electron chi connectivity index (χ4n) is 4.61. The van der Waals surface area contributed by atoms with Gasteiger partial charge in [-0.05, 0) is 60.5 Å². The first-order chi connectivity index (χ1) is 12.1. The lowest BCUT2D eigenvalue weighted by Crippen LogP contribution is -2.48. The Morgan fingerprint density at radius 2 is 1.88 bits per heavy atom. The molecule has 0 aromatic heterocycles. The summed E-state index contributed by atoms with van der Waals surface area (Å²) in [6.07, 6.45) is 6.56. The van der Waals surface area contributed by atoms with E-state index >= 15 is 0 Å². The SMILES string of the molecule is CCCCCCN1CCC(C)(c2ccc([Si](C)(C)C)c(O)c2C)C(C)C1. The zero-order valence-electron chi connectivity index (χ0n) is 18.3. The summed E-state index contributed by atoms with van der Waals surface area (Å²) in [5, 5.41) is 12.1. The van der Waals surface area contributed by atoms with Crippen molar-refractivity contribution in [2.75, 3.05) is 19.6 Å². The fourth-order valence-corrected chi connectivity index (χ4v) is 6.09. The summed E-state index contributed by atoms with van der Waals surface area (Å²) < 4.78 is 0. The van der Waals surface area contributed by atoms with E-state index in [2.05, 4.69) is 64.4 Å². The Hall–Kier alpha value is -0.803. The Bertz CT molecular complexity index is 607. The van der Waals surface area contributed by atoms with E-state index < -0.39 is 8.07 Å². The van der Waals surface area contributed by atoms with Gasteiger partial charge >= 0.3 is 0 Å². The van der Waals surface area contributed by atoms with E-state index in [1.165, 1.54) is 62.5 Å². The summed E-state index contributed by atoms with van der Waals surface area (Å²) in [6, 6.07) is 4.55. The van der Waals surface area contributed by atoms with Crippen LogP contribution in [0.25, 0.3) is 0 Å². The van der Waals surface area contributed by atoms with Gasteiger partial charge in [-0.2, -0.15) is 0 Å². The predicted octanol–water partition coefficient (Wildman–Crippen LogP) is 5.43. The first-order valence-electron chi connectivity index (χ1n) is 10.7. The van der Waals surface area contributed by atoms with Crippen molar-refractivity contribution in [1.82, 2.24) is 4.90 Å². The minimum Gasteiger partial charge on any atom is -0.508 e. The van der Waals surface area contributed by atoms with E-state index in [1.807, 2.05) is 0 Å². The second-order valence-corrected chi connectivity index (χ2v) is 14.9. The first-order valence-corrected chi connectivity index (χ1v) is 14.2. The Morgan fingerprint density at radius 3 is 2.46 bits per heavy atom. The molecule has 0 bridgehead atoms. The van der Waals surface area contributed by atoms with Crippen LogP contribution < -0.4 is 5.19 Å². The lowest BCUT2D eigenvalue weighted by Gasteiger charge is -2.46. The minimum atomic E-state index is -1.51. The molecule has 148 valence electrons. The van der Waals surface area contributed by atoms with Crippen LogP contribution in [0.15, 0.2) is 12.1 Å². The molecule has 1 aromatic carbocycles. The second kappa shape index (κ2) is 8.47. The summed E-state index contributed by atoms with van der Waals surface area (Å²) >= 11 is 0. The van der Waals surface area contributed by atoms with E-state index in [-0.39, 0.29) is 5.41 Å². The summed E-state index contributed by atoms with van der Waals surface area (Å²) in [7, 11) is -1.51. The monoisotopic (exact) mass is 375 g/mol. The fraction of sp³-hybridized carbons (Fsp3) is 0.739. The van der Waals surface area contributed by atoms with Crippen LogP contribution in [0.2, 0.25) is 19.6 Å². The number of nitrogens with zero attached hydrogens (tertiary/aromatic N) is 1. The average molecular weight is 376 g/mol. The van der Waals surface area contributed by atoms with Crippen molar-refractivity contribution in [3.63, 3.8) is 0 Å². The molecular weight excluding hydrogens is 334 g/mol. The van der Waals surface area contributed by atoms with E-state index in [9.17, 15) is 5.11 Å². The van der Waals surface area contributed by atoms with Gasteiger partial charge in [-0.3, -0.25) is 0 Å². The van der Waals surface area contributed by atoms with Gasteiger partial charge in [0.05, 0.1) is 8.07 Å². The van der Waals surface area contributed by atoms with Gasteiger partial charge in [-0.15, -0.1) is 0 Å².